The number of rotatable bonds is 5. The quantitative estimate of drug-likeness (QED) is 0.486. The zero-order chi connectivity index (χ0) is 19.5. The summed E-state index contributed by atoms with van der Waals surface area (Å²) in [6.07, 6.45) is 0.0945. The Morgan fingerprint density at radius 3 is 2.64 bits per heavy atom. The number of hydrogen-bond donors (Lipinski definition) is 1. The topological polar surface area (TPSA) is 79.8 Å². The molecule has 7 heteroatoms. The van der Waals surface area contributed by atoms with Crippen molar-refractivity contribution in [2.75, 3.05) is 0 Å². The zero-order valence-electron chi connectivity index (χ0n) is 15.2. The maximum atomic E-state index is 12.2. The highest BCUT2D eigenvalue weighted by Crippen LogP contribution is 2.39. The Labute approximate surface area is 165 Å². The van der Waals surface area contributed by atoms with Crippen molar-refractivity contribution in [1.29, 1.82) is 0 Å². The van der Waals surface area contributed by atoms with Crippen LogP contribution in [0.15, 0.2) is 70.2 Å². The van der Waals surface area contributed by atoms with E-state index in [2.05, 4.69) is 15.2 Å². The number of thiazole rings is 1. The van der Waals surface area contributed by atoms with Gasteiger partial charge in [0.15, 0.2) is 5.69 Å². The van der Waals surface area contributed by atoms with E-state index in [9.17, 15) is 9.90 Å². The molecular formula is C21H18N4O2S. The first-order chi connectivity index (χ1) is 13.6. The van der Waals surface area contributed by atoms with Crippen LogP contribution in [0.25, 0.3) is 10.9 Å². The lowest BCUT2D eigenvalue weighted by atomic mass is 10.2. The van der Waals surface area contributed by atoms with E-state index in [0.717, 1.165) is 21.5 Å². The van der Waals surface area contributed by atoms with Crippen LogP contribution in [0.2, 0.25) is 0 Å². The number of benzene rings is 2. The molecule has 4 aromatic rings. The van der Waals surface area contributed by atoms with E-state index in [-0.39, 0.29) is 12.3 Å². The minimum Gasteiger partial charge on any atom is -0.493 e. The first kappa shape index (κ1) is 18.1. The van der Waals surface area contributed by atoms with Crippen molar-refractivity contribution in [1.82, 2.24) is 9.55 Å². The maximum Gasteiger partial charge on any atom is 0.270 e. The van der Waals surface area contributed by atoms with E-state index >= 15 is 0 Å². The van der Waals surface area contributed by atoms with Crippen LogP contribution in [0, 0.1) is 6.92 Å². The second-order valence-corrected chi connectivity index (χ2v) is 7.45. The zero-order valence-corrected chi connectivity index (χ0v) is 16.1. The number of carbonyl (C=O) groups excluding carboxylic acids is 1. The van der Waals surface area contributed by atoms with Crippen molar-refractivity contribution in [2.45, 2.75) is 19.9 Å². The summed E-state index contributed by atoms with van der Waals surface area (Å²) in [7, 11) is 0. The molecule has 0 saturated carbocycles. The first-order valence-corrected chi connectivity index (χ1v) is 9.69. The van der Waals surface area contributed by atoms with Crippen LogP contribution in [0.1, 0.15) is 16.3 Å². The van der Waals surface area contributed by atoms with Gasteiger partial charge in [-0.25, -0.2) is 4.98 Å². The van der Waals surface area contributed by atoms with E-state index in [4.69, 9.17) is 0 Å². The van der Waals surface area contributed by atoms with E-state index in [1.165, 1.54) is 11.3 Å². The molecule has 0 saturated heterocycles. The molecule has 28 heavy (non-hydrogen) atoms. The lowest BCUT2D eigenvalue weighted by molar-refractivity contribution is -0.117. The van der Waals surface area contributed by atoms with Crippen molar-refractivity contribution < 1.29 is 9.90 Å². The Morgan fingerprint density at radius 1 is 1.14 bits per heavy atom. The van der Waals surface area contributed by atoms with Crippen LogP contribution in [-0.4, -0.2) is 20.6 Å². The Morgan fingerprint density at radius 2 is 1.89 bits per heavy atom. The molecule has 0 atom stereocenters. The third-order valence-electron chi connectivity index (χ3n) is 4.36. The molecule has 4 rings (SSSR count). The van der Waals surface area contributed by atoms with Crippen LogP contribution in [0.3, 0.4) is 0 Å². The number of fused-ring (bicyclic) bond motifs is 1. The number of carbonyl (C=O) groups is 1. The molecule has 2 heterocycles. The van der Waals surface area contributed by atoms with Crippen molar-refractivity contribution in [3.63, 3.8) is 0 Å². The predicted molar refractivity (Wildman–Crippen MR) is 109 cm³/mol. The molecule has 2 aromatic carbocycles. The SMILES string of the molecule is Cc1nc(CC(=O)N=Nc2c(O)n(Cc3ccccc3)c3ccccc23)cs1. The number of azo groups is 1. The van der Waals surface area contributed by atoms with Crippen LogP contribution in [0.5, 0.6) is 5.88 Å². The number of aromatic hydroxyl groups is 1. The van der Waals surface area contributed by atoms with Gasteiger partial charge in [0.2, 0.25) is 5.88 Å². The first-order valence-electron chi connectivity index (χ1n) is 8.81. The molecule has 0 unspecified atom stereocenters. The van der Waals surface area contributed by atoms with Gasteiger partial charge in [0.1, 0.15) is 0 Å². The number of aromatic nitrogens is 2. The number of nitrogens with zero attached hydrogens (tertiary/aromatic N) is 4. The molecule has 1 amide bonds. The molecule has 0 fully saturated rings. The van der Waals surface area contributed by atoms with Gasteiger partial charge in [0.25, 0.3) is 5.91 Å². The van der Waals surface area contributed by atoms with Crippen LogP contribution in [0.4, 0.5) is 5.69 Å². The van der Waals surface area contributed by atoms with Gasteiger partial charge < -0.3 is 9.67 Å². The van der Waals surface area contributed by atoms with Gasteiger partial charge in [-0.3, -0.25) is 4.79 Å². The summed E-state index contributed by atoms with van der Waals surface area (Å²) in [5, 5.41) is 22.1. The van der Waals surface area contributed by atoms with Gasteiger partial charge in [0.05, 0.1) is 29.2 Å². The molecular weight excluding hydrogens is 372 g/mol. The van der Waals surface area contributed by atoms with Crippen LogP contribution >= 0.6 is 11.3 Å². The van der Waals surface area contributed by atoms with Gasteiger partial charge in [-0.1, -0.05) is 48.5 Å². The molecule has 0 radical (unpaired) electrons. The molecule has 2 aromatic heterocycles. The second kappa shape index (κ2) is 7.74. The number of aryl methyl sites for hydroxylation is 1. The number of para-hydroxylation sites is 1. The summed E-state index contributed by atoms with van der Waals surface area (Å²) < 4.78 is 1.77. The summed E-state index contributed by atoms with van der Waals surface area (Å²) in [6.45, 7) is 2.38. The molecule has 0 spiro atoms. The van der Waals surface area contributed by atoms with E-state index in [0.29, 0.717) is 17.9 Å². The number of amides is 1. The third-order valence-corrected chi connectivity index (χ3v) is 5.18. The van der Waals surface area contributed by atoms with E-state index in [1.54, 1.807) is 4.57 Å². The molecule has 0 aliphatic carbocycles. The minimum atomic E-state index is -0.399. The van der Waals surface area contributed by atoms with E-state index in [1.807, 2.05) is 66.9 Å². The lowest BCUT2D eigenvalue weighted by Gasteiger charge is -2.06. The largest absolute Gasteiger partial charge is 0.493 e. The summed E-state index contributed by atoms with van der Waals surface area (Å²) in [4.78, 5) is 16.4. The fourth-order valence-corrected chi connectivity index (χ4v) is 3.69. The maximum absolute atomic E-state index is 12.2. The van der Waals surface area contributed by atoms with Crippen LogP contribution in [-0.2, 0) is 17.8 Å². The average molecular weight is 390 g/mol. The lowest BCUT2D eigenvalue weighted by Crippen LogP contribution is -1.98. The highest BCUT2D eigenvalue weighted by molar-refractivity contribution is 7.09. The molecule has 0 bridgehead atoms. The smallest absolute Gasteiger partial charge is 0.270 e. The van der Waals surface area contributed by atoms with Crippen molar-refractivity contribution in [3.05, 3.63) is 76.2 Å². The predicted octanol–water partition coefficient (Wildman–Crippen LogP) is 5.01. The van der Waals surface area contributed by atoms with Crippen molar-refractivity contribution in [2.24, 2.45) is 10.2 Å². The summed E-state index contributed by atoms with van der Waals surface area (Å²) in [5.74, 6) is -0.407. The monoisotopic (exact) mass is 390 g/mol. The standard InChI is InChI=1S/C21H18N4O2S/c1-14-22-16(13-28-14)11-19(26)23-24-20-17-9-5-6-10-18(17)25(21(20)27)12-15-7-3-2-4-8-15/h2-10,13,27H,11-12H2,1H3. The Kier molecular flexibility index (Phi) is 4.99. The van der Waals surface area contributed by atoms with Gasteiger partial charge >= 0.3 is 0 Å². The molecule has 0 aliphatic heterocycles. The third kappa shape index (κ3) is 3.70. The Hall–Kier alpha value is -3.32. The molecule has 6 nitrogen and oxygen atoms in total. The summed E-state index contributed by atoms with van der Waals surface area (Å²) in [5.41, 5.74) is 2.87. The van der Waals surface area contributed by atoms with Crippen molar-refractivity contribution >= 4 is 33.8 Å². The second-order valence-electron chi connectivity index (χ2n) is 6.39. The van der Waals surface area contributed by atoms with Crippen LogP contribution < -0.4 is 0 Å². The fourth-order valence-electron chi connectivity index (χ4n) is 3.08. The van der Waals surface area contributed by atoms with Crippen molar-refractivity contribution in [3.8, 4) is 5.88 Å². The Balaban J connectivity index is 1.65. The normalized spacial score (nSPS) is 11.5. The minimum absolute atomic E-state index is 0.00824. The highest BCUT2D eigenvalue weighted by Gasteiger charge is 2.17. The fraction of sp³-hybridized carbons (Fsp3) is 0.143. The van der Waals surface area contributed by atoms with E-state index < -0.39 is 5.91 Å². The summed E-state index contributed by atoms with van der Waals surface area (Å²) in [6, 6.07) is 17.4. The number of hydrogen-bond acceptors (Lipinski definition) is 5. The Bertz CT molecular complexity index is 1160. The van der Waals surface area contributed by atoms with Gasteiger partial charge in [-0.2, -0.15) is 0 Å². The van der Waals surface area contributed by atoms with Gasteiger partial charge in [-0.15, -0.1) is 21.6 Å². The summed E-state index contributed by atoms with van der Waals surface area (Å²) >= 11 is 1.49. The molecule has 140 valence electrons. The van der Waals surface area contributed by atoms with Gasteiger partial charge in [0, 0.05) is 10.8 Å². The average Bonchev–Trinajstić information content (AvgIpc) is 3.22. The molecule has 1 N–H and O–H groups in total. The molecule has 0 aliphatic rings. The highest BCUT2D eigenvalue weighted by atomic mass is 32.1. The van der Waals surface area contributed by atoms with Gasteiger partial charge in [-0.05, 0) is 18.6 Å².